The third-order valence-electron chi connectivity index (χ3n) is 4.38. The first kappa shape index (κ1) is 14.5. The predicted octanol–water partition coefficient (Wildman–Crippen LogP) is 2.70. The zero-order chi connectivity index (χ0) is 13.5. The second kappa shape index (κ2) is 7.63. The molecular formula is C15H28N4. The Labute approximate surface area is 117 Å². The molecule has 1 aliphatic rings. The van der Waals surface area contributed by atoms with Gasteiger partial charge in [-0.05, 0) is 25.3 Å². The Morgan fingerprint density at radius 2 is 2.16 bits per heavy atom. The average Bonchev–Trinajstić information content (AvgIpc) is 2.83. The molecule has 1 heterocycles. The summed E-state index contributed by atoms with van der Waals surface area (Å²) < 4.78 is 1.89. The van der Waals surface area contributed by atoms with Gasteiger partial charge >= 0.3 is 0 Å². The molecule has 4 nitrogen and oxygen atoms in total. The van der Waals surface area contributed by atoms with Crippen molar-refractivity contribution >= 4 is 0 Å². The molecule has 0 radical (unpaired) electrons. The van der Waals surface area contributed by atoms with Crippen LogP contribution in [0.3, 0.4) is 0 Å². The number of aryl methyl sites for hydroxylation is 1. The fourth-order valence-corrected chi connectivity index (χ4v) is 3.20. The Balaban J connectivity index is 1.80. The highest BCUT2D eigenvalue weighted by Crippen LogP contribution is 2.27. The largest absolute Gasteiger partial charge is 0.314 e. The fourth-order valence-electron chi connectivity index (χ4n) is 3.20. The van der Waals surface area contributed by atoms with Crippen molar-refractivity contribution < 1.29 is 0 Å². The van der Waals surface area contributed by atoms with Gasteiger partial charge in [-0.3, -0.25) is 4.68 Å². The predicted molar refractivity (Wildman–Crippen MR) is 78.0 cm³/mol. The van der Waals surface area contributed by atoms with Crippen molar-refractivity contribution in [2.45, 2.75) is 64.3 Å². The summed E-state index contributed by atoms with van der Waals surface area (Å²) in [4.78, 5) is 4.34. The number of hydrogen-bond donors (Lipinski definition) is 1. The molecule has 1 unspecified atom stereocenters. The minimum atomic E-state index is 0.551. The number of likely N-dealkylation sites (N-methyl/N-ethyl adjacent to an activating group) is 1. The Kier molecular flexibility index (Phi) is 5.83. The summed E-state index contributed by atoms with van der Waals surface area (Å²) in [6, 6.07) is 0.551. The summed E-state index contributed by atoms with van der Waals surface area (Å²) in [7, 11) is 1.98. The lowest BCUT2D eigenvalue weighted by Gasteiger charge is -2.24. The van der Waals surface area contributed by atoms with Gasteiger partial charge in [0, 0.05) is 19.5 Å². The summed E-state index contributed by atoms with van der Waals surface area (Å²) in [6.07, 6.45) is 12.5. The van der Waals surface area contributed by atoms with Crippen LogP contribution in [0.5, 0.6) is 0 Å². The van der Waals surface area contributed by atoms with Crippen molar-refractivity contribution in [1.82, 2.24) is 20.1 Å². The lowest BCUT2D eigenvalue weighted by atomic mass is 9.85. The van der Waals surface area contributed by atoms with Crippen LogP contribution in [0.15, 0.2) is 6.33 Å². The lowest BCUT2D eigenvalue weighted by molar-refractivity contribution is 0.312. The van der Waals surface area contributed by atoms with Crippen LogP contribution in [0.25, 0.3) is 0 Å². The summed E-state index contributed by atoms with van der Waals surface area (Å²) in [6.45, 7) is 3.22. The second-order valence-corrected chi connectivity index (χ2v) is 5.84. The molecule has 1 saturated carbocycles. The number of nitrogens with one attached hydrogen (secondary N) is 1. The van der Waals surface area contributed by atoms with E-state index in [2.05, 4.69) is 22.3 Å². The molecule has 1 aliphatic carbocycles. The number of aromatic nitrogens is 3. The minimum absolute atomic E-state index is 0.551. The molecule has 19 heavy (non-hydrogen) atoms. The SMILES string of the molecule is CCNC(CCC1CCCCC1)Cc1ncnn1C. The van der Waals surface area contributed by atoms with Gasteiger partial charge in [-0.25, -0.2) is 4.98 Å². The first-order valence-corrected chi connectivity index (χ1v) is 7.85. The Hall–Kier alpha value is -0.900. The summed E-state index contributed by atoms with van der Waals surface area (Å²) in [5.74, 6) is 2.06. The standard InChI is InChI=1S/C15H28N4/c1-3-16-14(11-15-17-12-18-19(15)2)10-9-13-7-5-4-6-8-13/h12-14,16H,3-11H2,1-2H3. The van der Waals surface area contributed by atoms with Crippen molar-refractivity contribution in [2.24, 2.45) is 13.0 Å². The van der Waals surface area contributed by atoms with Gasteiger partial charge in [0.1, 0.15) is 12.2 Å². The number of nitrogens with zero attached hydrogens (tertiary/aromatic N) is 3. The van der Waals surface area contributed by atoms with E-state index in [1.165, 1.54) is 44.9 Å². The molecular weight excluding hydrogens is 236 g/mol. The van der Waals surface area contributed by atoms with Gasteiger partial charge in [0.25, 0.3) is 0 Å². The van der Waals surface area contributed by atoms with Crippen molar-refractivity contribution in [2.75, 3.05) is 6.54 Å². The highest BCUT2D eigenvalue weighted by atomic mass is 15.3. The van der Waals surface area contributed by atoms with Gasteiger partial charge in [0.05, 0.1) is 0 Å². The van der Waals surface area contributed by atoms with Crippen LogP contribution >= 0.6 is 0 Å². The summed E-state index contributed by atoms with van der Waals surface area (Å²) >= 11 is 0. The van der Waals surface area contributed by atoms with Gasteiger partial charge in [-0.2, -0.15) is 5.10 Å². The van der Waals surface area contributed by atoms with E-state index in [1.807, 2.05) is 11.7 Å². The van der Waals surface area contributed by atoms with Crippen molar-refractivity contribution in [3.63, 3.8) is 0 Å². The Morgan fingerprint density at radius 3 is 2.79 bits per heavy atom. The molecule has 1 aromatic rings. The van der Waals surface area contributed by atoms with Crippen LogP contribution in [-0.4, -0.2) is 27.4 Å². The normalized spacial score (nSPS) is 18.6. The highest BCUT2D eigenvalue weighted by molar-refractivity contribution is 4.89. The molecule has 108 valence electrons. The molecule has 1 fully saturated rings. The smallest absolute Gasteiger partial charge is 0.138 e. The lowest BCUT2D eigenvalue weighted by Crippen LogP contribution is -2.32. The molecule has 0 aliphatic heterocycles. The zero-order valence-electron chi connectivity index (χ0n) is 12.4. The number of hydrogen-bond acceptors (Lipinski definition) is 3. The Bertz CT molecular complexity index is 355. The van der Waals surface area contributed by atoms with Crippen LogP contribution in [0, 0.1) is 5.92 Å². The van der Waals surface area contributed by atoms with Gasteiger partial charge in [0.2, 0.25) is 0 Å². The maximum atomic E-state index is 4.34. The van der Waals surface area contributed by atoms with Crippen LogP contribution in [0.2, 0.25) is 0 Å². The molecule has 0 aromatic carbocycles. The molecule has 4 heteroatoms. The first-order chi connectivity index (χ1) is 9.29. The summed E-state index contributed by atoms with van der Waals surface area (Å²) in [5, 5.41) is 7.76. The molecule has 1 aromatic heterocycles. The second-order valence-electron chi connectivity index (χ2n) is 5.84. The third-order valence-corrected chi connectivity index (χ3v) is 4.38. The maximum Gasteiger partial charge on any atom is 0.138 e. The van der Waals surface area contributed by atoms with E-state index >= 15 is 0 Å². The van der Waals surface area contributed by atoms with Gasteiger partial charge in [-0.1, -0.05) is 39.0 Å². The molecule has 0 amide bonds. The van der Waals surface area contributed by atoms with Crippen molar-refractivity contribution in [3.05, 3.63) is 12.2 Å². The monoisotopic (exact) mass is 264 g/mol. The van der Waals surface area contributed by atoms with Gasteiger partial charge in [0.15, 0.2) is 0 Å². The average molecular weight is 264 g/mol. The van der Waals surface area contributed by atoms with Gasteiger partial charge in [-0.15, -0.1) is 0 Å². The van der Waals surface area contributed by atoms with E-state index < -0.39 is 0 Å². The van der Waals surface area contributed by atoms with E-state index in [0.717, 1.165) is 24.7 Å². The molecule has 0 saturated heterocycles. The fraction of sp³-hybridized carbons (Fsp3) is 0.867. The quantitative estimate of drug-likeness (QED) is 0.823. The van der Waals surface area contributed by atoms with E-state index in [0.29, 0.717) is 6.04 Å². The van der Waals surface area contributed by atoms with E-state index in [4.69, 9.17) is 0 Å². The molecule has 1 atom stereocenters. The van der Waals surface area contributed by atoms with Crippen LogP contribution in [0.4, 0.5) is 0 Å². The zero-order valence-corrected chi connectivity index (χ0v) is 12.4. The van der Waals surface area contributed by atoms with E-state index in [9.17, 15) is 0 Å². The van der Waals surface area contributed by atoms with Crippen LogP contribution < -0.4 is 5.32 Å². The molecule has 0 bridgehead atoms. The third kappa shape index (κ3) is 4.60. The van der Waals surface area contributed by atoms with Crippen LogP contribution in [0.1, 0.15) is 57.7 Å². The van der Waals surface area contributed by atoms with Crippen LogP contribution in [-0.2, 0) is 13.5 Å². The van der Waals surface area contributed by atoms with E-state index in [1.54, 1.807) is 6.33 Å². The molecule has 1 N–H and O–H groups in total. The minimum Gasteiger partial charge on any atom is -0.314 e. The van der Waals surface area contributed by atoms with Crippen molar-refractivity contribution in [3.8, 4) is 0 Å². The Morgan fingerprint density at radius 1 is 1.37 bits per heavy atom. The molecule has 2 rings (SSSR count). The first-order valence-electron chi connectivity index (χ1n) is 7.85. The highest BCUT2D eigenvalue weighted by Gasteiger charge is 2.17. The maximum absolute atomic E-state index is 4.34. The number of rotatable bonds is 7. The van der Waals surface area contributed by atoms with E-state index in [-0.39, 0.29) is 0 Å². The van der Waals surface area contributed by atoms with Gasteiger partial charge < -0.3 is 5.32 Å². The molecule has 0 spiro atoms. The summed E-state index contributed by atoms with van der Waals surface area (Å²) in [5.41, 5.74) is 0. The topological polar surface area (TPSA) is 42.7 Å². The van der Waals surface area contributed by atoms with Crippen molar-refractivity contribution in [1.29, 1.82) is 0 Å².